The number of nitrogens with zero attached hydrogens (tertiary/aromatic N) is 1. The van der Waals surface area contributed by atoms with E-state index in [0.717, 1.165) is 65.6 Å². The summed E-state index contributed by atoms with van der Waals surface area (Å²) in [7, 11) is 0. The van der Waals surface area contributed by atoms with Crippen LogP contribution in [0.3, 0.4) is 0 Å². The van der Waals surface area contributed by atoms with Crippen LogP contribution < -0.4 is 4.74 Å². The molecule has 2 heterocycles. The molecule has 0 unspecified atom stereocenters. The van der Waals surface area contributed by atoms with Crippen molar-refractivity contribution in [2.45, 2.75) is 101 Å². The molecule has 1 aliphatic heterocycles. The SMILES string of the molecule is CCC(CC)/C(O)=C/C(=O)C(C)(CC)CC.Cc1cc(C)c2c(C)c3c([c-]c2c1)-c1nccc2cc(CC(C)C)cc(c12)O3.[Ir]. The maximum Gasteiger partial charge on any atom is 0.164 e. The fourth-order valence-electron chi connectivity index (χ4n) is 6.39. The number of aryl methyl sites for hydroxylation is 3. The molecule has 1 aliphatic rings. The molecule has 4 nitrogen and oxygen atoms in total. The summed E-state index contributed by atoms with van der Waals surface area (Å²) < 4.78 is 6.52. The minimum Gasteiger partial charge on any atom is -0.512 e. The molecule has 0 saturated carbocycles. The average molecular weight is 785 g/mol. The van der Waals surface area contributed by atoms with Crippen molar-refractivity contribution in [1.82, 2.24) is 4.98 Å². The van der Waals surface area contributed by atoms with E-state index in [4.69, 9.17) is 9.72 Å². The molecule has 1 N–H and O–H groups in total. The van der Waals surface area contributed by atoms with E-state index in [1.165, 1.54) is 39.1 Å². The number of ketones is 1. The second-order valence-electron chi connectivity index (χ2n) is 13.2. The number of aliphatic hydroxyl groups is 1. The molecule has 0 aliphatic carbocycles. The van der Waals surface area contributed by atoms with Crippen LogP contribution in [0.4, 0.5) is 0 Å². The monoisotopic (exact) mass is 785 g/mol. The van der Waals surface area contributed by atoms with Gasteiger partial charge in [0.1, 0.15) is 5.75 Å². The first-order chi connectivity index (χ1) is 20.9. The van der Waals surface area contributed by atoms with E-state index >= 15 is 0 Å². The fraction of sp³-hybridized carbons (Fsp3) is 0.450. The van der Waals surface area contributed by atoms with Crippen molar-refractivity contribution in [3.05, 3.63) is 76.7 Å². The third kappa shape index (κ3) is 7.53. The zero-order valence-corrected chi connectivity index (χ0v) is 31.2. The number of pyridine rings is 1. The van der Waals surface area contributed by atoms with Crippen LogP contribution >= 0.6 is 0 Å². The Morgan fingerprint density at radius 2 is 1.69 bits per heavy atom. The number of hydrogen-bond acceptors (Lipinski definition) is 4. The van der Waals surface area contributed by atoms with E-state index in [9.17, 15) is 9.90 Å². The molecule has 3 aromatic carbocycles. The number of carbonyl (C=O) groups excluding carboxylic acids is 1. The summed E-state index contributed by atoms with van der Waals surface area (Å²) in [6, 6.07) is 14.6. The van der Waals surface area contributed by atoms with Crippen molar-refractivity contribution in [3.63, 3.8) is 0 Å². The molecular weight excluding hydrogens is 735 g/mol. The molecule has 0 amide bonds. The number of aromatic nitrogens is 1. The normalized spacial score (nSPS) is 12.5. The number of fused-ring (bicyclic) bond motifs is 3. The Kier molecular flexibility index (Phi) is 12.2. The van der Waals surface area contributed by atoms with Crippen molar-refractivity contribution < 1.29 is 34.7 Å². The number of ether oxygens (including phenoxy) is 1. The van der Waals surface area contributed by atoms with Gasteiger partial charge in [0.25, 0.3) is 0 Å². The van der Waals surface area contributed by atoms with Crippen LogP contribution in [0.15, 0.2) is 48.4 Å². The van der Waals surface area contributed by atoms with Crippen LogP contribution in [-0.2, 0) is 31.3 Å². The Labute approximate surface area is 284 Å². The summed E-state index contributed by atoms with van der Waals surface area (Å²) >= 11 is 0. The maximum atomic E-state index is 12.0. The summed E-state index contributed by atoms with van der Waals surface area (Å²) in [5.74, 6) is 2.86. The van der Waals surface area contributed by atoms with Crippen molar-refractivity contribution in [2.24, 2.45) is 17.3 Å². The van der Waals surface area contributed by atoms with E-state index in [-0.39, 0.29) is 43.0 Å². The van der Waals surface area contributed by atoms with E-state index in [2.05, 4.69) is 71.0 Å². The van der Waals surface area contributed by atoms with Gasteiger partial charge in [-0.25, -0.2) is 0 Å². The third-order valence-corrected chi connectivity index (χ3v) is 9.50. The molecule has 0 bridgehead atoms. The number of hydrogen-bond donors (Lipinski definition) is 1. The minimum atomic E-state index is -0.319. The van der Waals surface area contributed by atoms with Gasteiger partial charge < -0.3 is 9.84 Å². The Hall–Kier alpha value is -3.01. The molecule has 243 valence electrons. The van der Waals surface area contributed by atoms with Gasteiger partial charge in [0.15, 0.2) is 5.78 Å². The molecule has 5 heteroatoms. The molecule has 0 atom stereocenters. The first kappa shape index (κ1) is 36.5. The van der Waals surface area contributed by atoms with Crippen molar-refractivity contribution in [2.75, 3.05) is 0 Å². The largest absolute Gasteiger partial charge is 0.512 e. The molecular formula is C40H50IrNO3-. The zero-order valence-electron chi connectivity index (χ0n) is 28.8. The summed E-state index contributed by atoms with van der Waals surface area (Å²) in [5.41, 5.74) is 6.63. The van der Waals surface area contributed by atoms with Crippen LogP contribution in [0.25, 0.3) is 32.8 Å². The second kappa shape index (κ2) is 15.1. The number of allylic oxidation sites excluding steroid dienone is 2. The predicted molar refractivity (Wildman–Crippen MR) is 185 cm³/mol. The van der Waals surface area contributed by atoms with E-state index in [0.29, 0.717) is 5.92 Å². The maximum absolute atomic E-state index is 12.0. The van der Waals surface area contributed by atoms with Gasteiger partial charge in [-0.2, -0.15) is 0 Å². The van der Waals surface area contributed by atoms with Crippen molar-refractivity contribution >= 4 is 27.3 Å². The Morgan fingerprint density at radius 1 is 1.02 bits per heavy atom. The fourth-order valence-corrected chi connectivity index (χ4v) is 6.39. The topological polar surface area (TPSA) is 59.4 Å². The van der Waals surface area contributed by atoms with Crippen LogP contribution in [0.5, 0.6) is 11.5 Å². The van der Waals surface area contributed by atoms with Gasteiger partial charge in [-0.1, -0.05) is 88.2 Å². The molecule has 0 saturated heterocycles. The predicted octanol–water partition coefficient (Wildman–Crippen LogP) is 11.3. The molecule has 1 aromatic heterocycles. The van der Waals surface area contributed by atoms with E-state index < -0.39 is 0 Å². The number of rotatable bonds is 9. The van der Waals surface area contributed by atoms with Crippen LogP contribution in [0.1, 0.15) is 96.4 Å². The number of aliphatic hydroxyl groups excluding tert-OH is 1. The number of carbonyl (C=O) groups is 1. The Bertz CT molecular complexity index is 1710. The Balaban J connectivity index is 0.000000282. The zero-order chi connectivity index (χ0) is 32.3. The molecule has 4 aromatic rings. The van der Waals surface area contributed by atoms with Crippen LogP contribution in [0.2, 0.25) is 0 Å². The summed E-state index contributed by atoms with van der Waals surface area (Å²) in [5, 5.41) is 14.5. The molecule has 0 spiro atoms. The molecule has 1 radical (unpaired) electrons. The summed E-state index contributed by atoms with van der Waals surface area (Å²) in [6.45, 7) is 21.0. The Morgan fingerprint density at radius 3 is 2.29 bits per heavy atom. The van der Waals surface area contributed by atoms with Gasteiger partial charge in [-0.05, 0) is 81.9 Å². The third-order valence-electron chi connectivity index (χ3n) is 9.50. The first-order valence-corrected chi connectivity index (χ1v) is 16.4. The van der Waals surface area contributed by atoms with Crippen LogP contribution in [-0.4, -0.2) is 15.9 Å². The minimum absolute atomic E-state index is 0. The summed E-state index contributed by atoms with van der Waals surface area (Å²) in [4.78, 5) is 16.8. The van der Waals surface area contributed by atoms with E-state index in [1.807, 2.05) is 40.8 Å². The van der Waals surface area contributed by atoms with Crippen molar-refractivity contribution in [1.29, 1.82) is 0 Å². The standard InChI is InChI=1S/C26H24NO.C14H26O2.Ir/c1-14(2)8-18-11-19-6-7-27-25-21-13-20-10-15(3)9-16(4)23(20)17(5)26(21)28-22(12-18)24(19)25;1-6-11(7-2)12(15)10-13(16)14(5,8-3)9-4;/h6-7,9-12,14H,8H2,1-5H3;10-11,15H,6-9H2,1-5H3;/q-1;;/b;12-10-;. The second-order valence-corrected chi connectivity index (χ2v) is 13.2. The number of benzene rings is 3. The van der Waals surface area contributed by atoms with Crippen LogP contribution in [0, 0.1) is 44.1 Å². The van der Waals surface area contributed by atoms with Gasteiger partial charge in [-0.15, -0.1) is 17.5 Å². The van der Waals surface area contributed by atoms with Gasteiger partial charge >= 0.3 is 0 Å². The van der Waals surface area contributed by atoms with Gasteiger partial charge in [0.2, 0.25) is 0 Å². The van der Waals surface area contributed by atoms with Crippen molar-refractivity contribution in [3.8, 4) is 22.8 Å². The quantitative estimate of drug-likeness (QED) is 0.0919. The first-order valence-electron chi connectivity index (χ1n) is 16.4. The summed E-state index contributed by atoms with van der Waals surface area (Å²) in [6.07, 6.45) is 7.78. The van der Waals surface area contributed by atoms with E-state index in [1.54, 1.807) is 0 Å². The molecule has 45 heavy (non-hydrogen) atoms. The smallest absolute Gasteiger partial charge is 0.164 e. The van der Waals surface area contributed by atoms with Gasteiger partial charge in [-0.3, -0.25) is 9.78 Å². The average Bonchev–Trinajstić information content (AvgIpc) is 2.97. The molecule has 5 rings (SSSR count). The van der Waals surface area contributed by atoms with Gasteiger partial charge in [0, 0.05) is 54.8 Å². The molecule has 0 fully saturated rings. The van der Waals surface area contributed by atoms with Gasteiger partial charge in [0.05, 0.1) is 11.5 Å².